The van der Waals surface area contributed by atoms with Gasteiger partial charge in [0.2, 0.25) is 0 Å². The maximum Gasteiger partial charge on any atom is 0.573 e. The second-order valence-corrected chi connectivity index (χ2v) is 11.6. The molecule has 0 saturated carbocycles. The molecule has 0 aliphatic carbocycles. The van der Waals surface area contributed by atoms with Crippen LogP contribution in [0.2, 0.25) is 0 Å². The normalized spacial score (nSPS) is 30.9. The summed E-state index contributed by atoms with van der Waals surface area (Å²) in [6.07, 6.45) is -2.30. The molecule has 38 heavy (non-hydrogen) atoms. The molecule has 3 heterocycles. The van der Waals surface area contributed by atoms with E-state index in [4.69, 9.17) is 14.2 Å². The number of rotatable bonds is 5. The highest BCUT2D eigenvalue weighted by atomic mass is 19.4. The first-order valence-electron chi connectivity index (χ1n) is 13.0. The van der Waals surface area contributed by atoms with Crippen molar-refractivity contribution in [1.29, 1.82) is 0 Å². The van der Waals surface area contributed by atoms with E-state index in [1.54, 1.807) is 0 Å². The summed E-state index contributed by atoms with van der Waals surface area (Å²) in [6.45, 7) is 5.90. The SMILES string of the molecule is COc1ccc(OC(F)(F)F)cc1C1COC2(CCC3NC2(c2ccccc2)CC3C(=O)OC(C)(C)C)C1. The van der Waals surface area contributed by atoms with E-state index < -0.39 is 23.1 Å². The van der Waals surface area contributed by atoms with Crippen LogP contribution in [0.5, 0.6) is 11.5 Å². The van der Waals surface area contributed by atoms with Gasteiger partial charge < -0.3 is 24.3 Å². The van der Waals surface area contributed by atoms with Crippen LogP contribution >= 0.6 is 0 Å². The van der Waals surface area contributed by atoms with Gasteiger partial charge in [-0.25, -0.2) is 0 Å². The van der Waals surface area contributed by atoms with Gasteiger partial charge in [0.15, 0.2) is 0 Å². The fourth-order valence-electron chi connectivity index (χ4n) is 6.63. The molecule has 5 rings (SSSR count). The van der Waals surface area contributed by atoms with Gasteiger partial charge in [0.05, 0.1) is 30.8 Å². The second kappa shape index (κ2) is 9.45. The van der Waals surface area contributed by atoms with Crippen molar-refractivity contribution >= 4 is 5.97 Å². The van der Waals surface area contributed by atoms with Crippen LogP contribution in [0, 0.1) is 5.92 Å². The molecule has 1 N–H and O–H groups in total. The van der Waals surface area contributed by atoms with Crippen LogP contribution in [0.3, 0.4) is 0 Å². The zero-order chi connectivity index (χ0) is 27.3. The molecule has 3 fully saturated rings. The first kappa shape index (κ1) is 26.8. The first-order chi connectivity index (χ1) is 17.8. The lowest BCUT2D eigenvalue weighted by atomic mass is 9.67. The van der Waals surface area contributed by atoms with Crippen LogP contribution in [-0.4, -0.2) is 43.3 Å². The molecule has 6 nitrogen and oxygen atoms in total. The predicted molar refractivity (Wildman–Crippen MR) is 134 cm³/mol. The van der Waals surface area contributed by atoms with Crippen molar-refractivity contribution in [3.05, 3.63) is 59.7 Å². The second-order valence-electron chi connectivity index (χ2n) is 11.6. The minimum absolute atomic E-state index is 0.0589. The highest BCUT2D eigenvalue weighted by Gasteiger charge is 2.66. The van der Waals surface area contributed by atoms with Crippen LogP contribution < -0.4 is 14.8 Å². The number of carbonyl (C=O) groups is 1. The van der Waals surface area contributed by atoms with Gasteiger partial charge in [-0.3, -0.25) is 4.79 Å². The zero-order valence-corrected chi connectivity index (χ0v) is 22.1. The van der Waals surface area contributed by atoms with E-state index in [9.17, 15) is 18.0 Å². The monoisotopic (exact) mass is 533 g/mol. The maximum atomic E-state index is 13.3. The Morgan fingerprint density at radius 1 is 1.08 bits per heavy atom. The minimum atomic E-state index is -4.79. The number of hydrogen-bond acceptors (Lipinski definition) is 6. The lowest BCUT2D eigenvalue weighted by Crippen LogP contribution is -2.61. The number of fused-ring (bicyclic) bond motifs is 3. The summed E-state index contributed by atoms with van der Waals surface area (Å²) in [5.41, 5.74) is -0.282. The molecule has 206 valence electrons. The van der Waals surface area contributed by atoms with E-state index in [0.29, 0.717) is 37.2 Å². The number of nitrogens with one attached hydrogen (secondary N) is 1. The third-order valence-electron chi connectivity index (χ3n) is 8.07. The number of ether oxygens (including phenoxy) is 4. The van der Waals surface area contributed by atoms with Crippen LogP contribution in [0.15, 0.2) is 48.5 Å². The first-order valence-corrected chi connectivity index (χ1v) is 13.0. The molecule has 5 unspecified atom stereocenters. The fraction of sp³-hybridized carbons (Fsp3) is 0.552. The van der Waals surface area contributed by atoms with Crippen LogP contribution in [0.25, 0.3) is 0 Å². The number of carbonyl (C=O) groups excluding carboxylic acids is 1. The highest BCUT2D eigenvalue weighted by Crippen LogP contribution is 2.59. The maximum absolute atomic E-state index is 13.3. The molecule has 2 aromatic rings. The Kier molecular flexibility index (Phi) is 6.67. The number of hydrogen-bond donors (Lipinski definition) is 1. The van der Waals surface area contributed by atoms with E-state index in [1.807, 2.05) is 51.1 Å². The van der Waals surface area contributed by atoms with E-state index in [0.717, 1.165) is 12.0 Å². The molecule has 5 atom stereocenters. The third kappa shape index (κ3) is 4.86. The molecule has 2 aromatic carbocycles. The summed E-state index contributed by atoms with van der Waals surface area (Å²) in [7, 11) is 1.50. The number of halogens is 3. The quantitative estimate of drug-likeness (QED) is 0.487. The van der Waals surface area contributed by atoms with Crippen LogP contribution in [0.4, 0.5) is 13.2 Å². The summed E-state index contributed by atoms with van der Waals surface area (Å²) < 4.78 is 61.0. The molecule has 0 aromatic heterocycles. The Morgan fingerprint density at radius 3 is 2.47 bits per heavy atom. The van der Waals surface area contributed by atoms with Crippen molar-refractivity contribution in [2.24, 2.45) is 5.92 Å². The van der Waals surface area contributed by atoms with Crippen molar-refractivity contribution < 1.29 is 36.9 Å². The molecular weight excluding hydrogens is 499 g/mol. The number of esters is 1. The summed E-state index contributed by atoms with van der Waals surface area (Å²) in [5.74, 6) is -0.591. The summed E-state index contributed by atoms with van der Waals surface area (Å²) in [4.78, 5) is 13.3. The predicted octanol–water partition coefficient (Wildman–Crippen LogP) is 5.85. The van der Waals surface area contributed by atoms with Gasteiger partial charge in [-0.1, -0.05) is 30.3 Å². The van der Waals surface area contributed by atoms with Gasteiger partial charge in [-0.15, -0.1) is 13.2 Å². The Hall–Kier alpha value is -2.78. The van der Waals surface area contributed by atoms with Gasteiger partial charge in [0.1, 0.15) is 17.1 Å². The van der Waals surface area contributed by atoms with Crippen molar-refractivity contribution in [3.8, 4) is 11.5 Å². The van der Waals surface area contributed by atoms with Crippen molar-refractivity contribution in [2.45, 2.75) is 81.5 Å². The average molecular weight is 534 g/mol. The Labute approximate surface area is 220 Å². The summed E-state index contributed by atoms with van der Waals surface area (Å²) in [6, 6.07) is 14.1. The molecule has 3 saturated heterocycles. The van der Waals surface area contributed by atoms with Crippen LogP contribution in [0.1, 0.15) is 63.5 Å². The summed E-state index contributed by atoms with van der Waals surface area (Å²) in [5, 5.41) is 3.78. The lowest BCUT2D eigenvalue weighted by Gasteiger charge is -2.50. The van der Waals surface area contributed by atoms with Gasteiger partial charge in [0, 0.05) is 17.5 Å². The van der Waals surface area contributed by atoms with E-state index in [-0.39, 0.29) is 29.6 Å². The standard InChI is InChI=1S/C29H34F3NO5/c1-26(2,3)38-25(34)22-16-28(19-8-6-5-7-9-19)27(13-12-23(22)33-28)15-18(17-36-27)21-14-20(37-29(30,31)32)10-11-24(21)35-4/h5-11,14,18,22-23,33H,12-13,15-17H2,1-4H3. The molecule has 3 aliphatic rings. The topological polar surface area (TPSA) is 66.0 Å². The Morgan fingerprint density at radius 2 is 1.82 bits per heavy atom. The fourth-order valence-corrected chi connectivity index (χ4v) is 6.63. The minimum Gasteiger partial charge on any atom is -0.496 e. The number of benzene rings is 2. The smallest absolute Gasteiger partial charge is 0.496 e. The zero-order valence-electron chi connectivity index (χ0n) is 22.1. The molecule has 0 amide bonds. The van der Waals surface area contributed by atoms with E-state index in [2.05, 4.69) is 10.1 Å². The Balaban J connectivity index is 1.50. The number of alkyl halides is 3. The van der Waals surface area contributed by atoms with Crippen LogP contribution in [-0.2, 0) is 19.8 Å². The van der Waals surface area contributed by atoms with Crippen molar-refractivity contribution in [3.63, 3.8) is 0 Å². The van der Waals surface area contributed by atoms with Crippen molar-refractivity contribution in [2.75, 3.05) is 13.7 Å². The van der Waals surface area contributed by atoms with Gasteiger partial charge in [-0.05, 0) is 70.2 Å². The molecule has 2 bridgehead atoms. The molecule has 1 spiro atoms. The highest BCUT2D eigenvalue weighted by molar-refractivity contribution is 5.75. The number of methoxy groups -OCH3 is 1. The molecular formula is C29H34F3NO5. The largest absolute Gasteiger partial charge is 0.573 e. The van der Waals surface area contributed by atoms with E-state index in [1.165, 1.54) is 25.3 Å². The third-order valence-corrected chi connectivity index (χ3v) is 8.07. The van der Waals surface area contributed by atoms with Crippen molar-refractivity contribution in [1.82, 2.24) is 5.32 Å². The Bertz CT molecular complexity index is 1180. The van der Waals surface area contributed by atoms with Gasteiger partial charge in [0.25, 0.3) is 0 Å². The average Bonchev–Trinajstić information content (AvgIpc) is 3.42. The van der Waals surface area contributed by atoms with Gasteiger partial charge >= 0.3 is 12.3 Å². The van der Waals surface area contributed by atoms with E-state index >= 15 is 0 Å². The molecule has 3 aliphatic heterocycles. The molecule has 9 heteroatoms. The number of piperidine rings is 1. The molecule has 0 radical (unpaired) electrons. The van der Waals surface area contributed by atoms with Gasteiger partial charge in [-0.2, -0.15) is 0 Å². The summed E-state index contributed by atoms with van der Waals surface area (Å²) >= 11 is 0. The lowest BCUT2D eigenvalue weighted by molar-refractivity contribution is -0.274.